The number of rotatable bonds is 6. The minimum atomic E-state index is 0. The van der Waals surface area contributed by atoms with Crippen LogP contribution in [0.3, 0.4) is 0 Å². The molecule has 214 valence electrons. The van der Waals surface area contributed by atoms with Crippen LogP contribution in [0.1, 0.15) is 75.3 Å². The molecule has 1 aromatic carbocycles. The van der Waals surface area contributed by atoms with Crippen LogP contribution in [-0.4, -0.2) is 83.8 Å². The standard InChI is InChI=1S/C30H46N4O2.2BrH/c35-29(33-17-3-1-4-18-33)27-9-7-15-31(23-27)21-25-11-13-26(14-12-25)22-32-16-8-10-28(24-32)30(36)34-19-5-2-6-20-34;;/h11-14,27-28H,1-10,15-24H2;2*1H. The van der Waals surface area contributed by atoms with Crippen molar-refractivity contribution in [2.45, 2.75) is 77.3 Å². The largest absolute Gasteiger partial charge is 0.342 e. The van der Waals surface area contributed by atoms with Crippen molar-refractivity contribution in [3.8, 4) is 0 Å². The molecule has 0 saturated carbocycles. The number of amides is 2. The molecule has 0 spiro atoms. The van der Waals surface area contributed by atoms with E-state index in [1.165, 1.54) is 49.7 Å². The first-order valence-corrected chi connectivity index (χ1v) is 14.8. The Labute approximate surface area is 251 Å². The van der Waals surface area contributed by atoms with E-state index >= 15 is 0 Å². The van der Waals surface area contributed by atoms with Crippen LogP contribution in [0.5, 0.6) is 0 Å². The Morgan fingerprint density at radius 3 is 1.29 bits per heavy atom. The molecule has 5 rings (SSSR count). The molecule has 38 heavy (non-hydrogen) atoms. The zero-order chi connectivity index (χ0) is 24.7. The van der Waals surface area contributed by atoms with E-state index in [0.29, 0.717) is 11.8 Å². The molecule has 4 saturated heterocycles. The lowest BCUT2D eigenvalue weighted by atomic mass is 9.94. The molecule has 6 nitrogen and oxygen atoms in total. The molecule has 2 amide bonds. The zero-order valence-corrected chi connectivity index (χ0v) is 26.5. The molecule has 8 heteroatoms. The Morgan fingerprint density at radius 1 is 0.553 bits per heavy atom. The topological polar surface area (TPSA) is 47.1 Å². The molecule has 2 atom stereocenters. The minimum absolute atomic E-state index is 0. The van der Waals surface area contributed by atoms with Gasteiger partial charge in [-0.2, -0.15) is 0 Å². The van der Waals surface area contributed by atoms with Crippen molar-refractivity contribution in [3.63, 3.8) is 0 Å². The van der Waals surface area contributed by atoms with Crippen LogP contribution in [0.25, 0.3) is 0 Å². The van der Waals surface area contributed by atoms with Gasteiger partial charge in [0, 0.05) is 52.4 Å². The van der Waals surface area contributed by atoms with Gasteiger partial charge in [0.2, 0.25) is 11.8 Å². The summed E-state index contributed by atoms with van der Waals surface area (Å²) in [5.41, 5.74) is 2.67. The predicted molar refractivity (Wildman–Crippen MR) is 164 cm³/mol. The van der Waals surface area contributed by atoms with Crippen molar-refractivity contribution >= 4 is 45.8 Å². The van der Waals surface area contributed by atoms with Gasteiger partial charge in [-0.05, 0) is 88.4 Å². The van der Waals surface area contributed by atoms with Crippen molar-refractivity contribution in [1.29, 1.82) is 0 Å². The average molecular weight is 657 g/mol. The quantitative estimate of drug-likeness (QED) is 0.418. The van der Waals surface area contributed by atoms with E-state index in [0.717, 1.165) is 91.1 Å². The molecule has 4 aliphatic rings. The van der Waals surface area contributed by atoms with Gasteiger partial charge < -0.3 is 9.80 Å². The van der Waals surface area contributed by atoms with Crippen molar-refractivity contribution in [1.82, 2.24) is 19.6 Å². The number of hydrogen-bond donors (Lipinski definition) is 0. The van der Waals surface area contributed by atoms with Crippen LogP contribution < -0.4 is 0 Å². The van der Waals surface area contributed by atoms with E-state index in [4.69, 9.17) is 0 Å². The molecule has 0 radical (unpaired) electrons. The fourth-order valence-electron chi connectivity index (χ4n) is 6.81. The summed E-state index contributed by atoms with van der Waals surface area (Å²) in [5, 5.41) is 0. The summed E-state index contributed by atoms with van der Waals surface area (Å²) in [7, 11) is 0. The fraction of sp³-hybridized carbons (Fsp3) is 0.733. The van der Waals surface area contributed by atoms with Gasteiger partial charge in [0.1, 0.15) is 0 Å². The molecular formula is C30H48Br2N4O2. The number of carbonyl (C=O) groups excluding carboxylic acids is 2. The van der Waals surface area contributed by atoms with E-state index in [-0.39, 0.29) is 45.8 Å². The first-order valence-electron chi connectivity index (χ1n) is 14.8. The first-order chi connectivity index (χ1) is 17.7. The van der Waals surface area contributed by atoms with E-state index in [1.54, 1.807) is 0 Å². The van der Waals surface area contributed by atoms with Crippen molar-refractivity contribution in [2.75, 3.05) is 52.4 Å². The Morgan fingerprint density at radius 2 is 0.921 bits per heavy atom. The lowest BCUT2D eigenvalue weighted by Crippen LogP contribution is -2.46. The molecule has 0 aliphatic carbocycles. The summed E-state index contributed by atoms with van der Waals surface area (Å²) in [6.07, 6.45) is 11.5. The van der Waals surface area contributed by atoms with Gasteiger partial charge in [-0.1, -0.05) is 24.3 Å². The second-order valence-electron chi connectivity index (χ2n) is 11.7. The van der Waals surface area contributed by atoms with Crippen LogP contribution in [0.15, 0.2) is 24.3 Å². The number of piperidine rings is 4. The summed E-state index contributed by atoms with van der Waals surface area (Å²) in [4.78, 5) is 35.2. The first kappa shape index (κ1) is 31.6. The average Bonchev–Trinajstić information content (AvgIpc) is 2.94. The fourth-order valence-corrected chi connectivity index (χ4v) is 6.81. The van der Waals surface area contributed by atoms with Crippen molar-refractivity contribution in [3.05, 3.63) is 35.4 Å². The highest BCUT2D eigenvalue weighted by Crippen LogP contribution is 2.24. The van der Waals surface area contributed by atoms with Crippen LogP contribution in [0, 0.1) is 11.8 Å². The maximum Gasteiger partial charge on any atom is 0.226 e. The van der Waals surface area contributed by atoms with E-state index in [2.05, 4.69) is 43.9 Å². The predicted octanol–water partition coefficient (Wildman–Crippen LogP) is 5.29. The Hall–Kier alpha value is -0.960. The Kier molecular flexibility index (Phi) is 13.1. The second kappa shape index (κ2) is 15.7. The molecule has 4 aliphatic heterocycles. The lowest BCUT2D eigenvalue weighted by molar-refractivity contribution is -0.139. The monoisotopic (exact) mass is 654 g/mol. The number of nitrogens with zero attached hydrogens (tertiary/aromatic N) is 4. The molecule has 2 unspecified atom stereocenters. The van der Waals surface area contributed by atoms with Crippen LogP contribution in [0.2, 0.25) is 0 Å². The van der Waals surface area contributed by atoms with Gasteiger partial charge >= 0.3 is 0 Å². The normalized spacial score (nSPS) is 25.3. The summed E-state index contributed by atoms with van der Waals surface area (Å²) < 4.78 is 0. The highest BCUT2D eigenvalue weighted by molar-refractivity contribution is 8.93. The van der Waals surface area contributed by atoms with Crippen LogP contribution in [-0.2, 0) is 22.7 Å². The molecule has 4 heterocycles. The third-order valence-corrected chi connectivity index (χ3v) is 8.88. The Balaban J connectivity index is 0.00000200. The number of benzene rings is 1. The zero-order valence-electron chi connectivity index (χ0n) is 23.0. The highest BCUT2D eigenvalue weighted by atomic mass is 79.9. The maximum atomic E-state index is 13.0. The summed E-state index contributed by atoms with van der Waals surface area (Å²) in [6, 6.07) is 9.08. The van der Waals surface area contributed by atoms with E-state index < -0.39 is 0 Å². The van der Waals surface area contributed by atoms with Crippen LogP contribution in [0.4, 0.5) is 0 Å². The summed E-state index contributed by atoms with van der Waals surface area (Å²) in [5.74, 6) is 1.15. The SMILES string of the molecule is Br.Br.O=C(C1CCCN(Cc2ccc(CN3CCCC(C(=O)N4CCCCC4)C3)cc2)C1)N1CCCCC1. The van der Waals surface area contributed by atoms with E-state index in [1.807, 2.05) is 0 Å². The van der Waals surface area contributed by atoms with Gasteiger partial charge in [-0.3, -0.25) is 19.4 Å². The van der Waals surface area contributed by atoms with Gasteiger partial charge in [0.05, 0.1) is 11.8 Å². The van der Waals surface area contributed by atoms with Crippen molar-refractivity contribution in [2.24, 2.45) is 11.8 Å². The Bertz CT molecular complexity index is 801. The second-order valence-corrected chi connectivity index (χ2v) is 11.7. The minimum Gasteiger partial charge on any atom is -0.342 e. The van der Waals surface area contributed by atoms with Gasteiger partial charge in [-0.25, -0.2) is 0 Å². The van der Waals surface area contributed by atoms with Gasteiger partial charge in [-0.15, -0.1) is 34.0 Å². The molecule has 0 bridgehead atoms. The third kappa shape index (κ3) is 8.52. The van der Waals surface area contributed by atoms with Gasteiger partial charge in [0.15, 0.2) is 0 Å². The smallest absolute Gasteiger partial charge is 0.226 e. The van der Waals surface area contributed by atoms with Gasteiger partial charge in [0.25, 0.3) is 0 Å². The maximum absolute atomic E-state index is 13.0. The molecule has 1 aromatic rings. The summed E-state index contributed by atoms with van der Waals surface area (Å²) in [6.45, 7) is 9.68. The molecule has 0 aromatic heterocycles. The number of carbonyl (C=O) groups is 2. The molecule has 4 fully saturated rings. The molecule has 0 N–H and O–H groups in total. The molecular weight excluding hydrogens is 608 g/mol. The van der Waals surface area contributed by atoms with Crippen molar-refractivity contribution < 1.29 is 9.59 Å². The number of halogens is 2. The lowest BCUT2D eigenvalue weighted by Gasteiger charge is -2.36. The number of hydrogen-bond acceptors (Lipinski definition) is 4. The van der Waals surface area contributed by atoms with Crippen LogP contribution >= 0.6 is 34.0 Å². The third-order valence-electron chi connectivity index (χ3n) is 8.88. The van der Waals surface area contributed by atoms with E-state index in [9.17, 15) is 9.59 Å². The summed E-state index contributed by atoms with van der Waals surface area (Å²) >= 11 is 0. The number of likely N-dealkylation sites (tertiary alicyclic amines) is 4. The highest BCUT2D eigenvalue weighted by Gasteiger charge is 2.31.